The first kappa shape index (κ1) is 25.6. The Labute approximate surface area is 219 Å². The monoisotopic (exact) mass is 539 g/mol. The van der Waals surface area contributed by atoms with Gasteiger partial charge in [-0.1, -0.05) is 18.2 Å². The summed E-state index contributed by atoms with van der Waals surface area (Å²) in [5, 5.41) is 12.7. The van der Waals surface area contributed by atoms with Gasteiger partial charge in [-0.15, -0.1) is 0 Å². The van der Waals surface area contributed by atoms with Crippen LogP contribution in [0.2, 0.25) is 0 Å². The quantitative estimate of drug-likeness (QED) is 0.346. The van der Waals surface area contributed by atoms with Crippen molar-refractivity contribution >= 4 is 17.6 Å². The number of ether oxygens (including phenoxy) is 3. The minimum absolute atomic E-state index is 0.0651. The maximum atomic E-state index is 13.5. The highest BCUT2D eigenvalue weighted by Crippen LogP contribution is 2.36. The van der Waals surface area contributed by atoms with Crippen molar-refractivity contribution < 1.29 is 42.1 Å². The van der Waals surface area contributed by atoms with E-state index in [1.807, 2.05) is 0 Å². The normalized spacial score (nSPS) is 12.3. The van der Waals surface area contributed by atoms with Crippen LogP contribution < -0.4 is 19.1 Å². The zero-order valence-electron chi connectivity index (χ0n) is 20.3. The number of fused-ring (bicyclic) bond motifs is 1. The summed E-state index contributed by atoms with van der Waals surface area (Å²) in [6.45, 7) is -0.0608. The molecule has 1 N–H and O–H groups in total. The van der Waals surface area contributed by atoms with Crippen LogP contribution in [0.25, 0.3) is 5.69 Å². The molecule has 0 spiro atoms. The highest BCUT2D eigenvalue weighted by atomic mass is 19.4. The molecule has 1 aromatic heterocycles. The lowest BCUT2D eigenvalue weighted by Gasteiger charge is -2.18. The maximum Gasteiger partial charge on any atom is 0.435 e. The molecule has 5 rings (SSSR count). The fourth-order valence-corrected chi connectivity index (χ4v) is 3.87. The van der Waals surface area contributed by atoms with Crippen molar-refractivity contribution in [3.63, 3.8) is 0 Å². The van der Waals surface area contributed by atoms with Gasteiger partial charge < -0.3 is 24.2 Å². The van der Waals surface area contributed by atoms with Crippen LogP contribution in [0.15, 0.2) is 72.8 Å². The summed E-state index contributed by atoms with van der Waals surface area (Å²) in [5.41, 5.74) is 0.337. The van der Waals surface area contributed by atoms with Crippen molar-refractivity contribution in [2.75, 3.05) is 18.7 Å². The third kappa shape index (κ3) is 5.35. The predicted molar refractivity (Wildman–Crippen MR) is 132 cm³/mol. The molecule has 0 saturated carbocycles. The number of nitrogens with zero attached hydrogens (tertiary/aromatic N) is 3. The zero-order valence-corrected chi connectivity index (χ0v) is 20.3. The summed E-state index contributed by atoms with van der Waals surface area (Å²) in [4.78, 5) is 25.7. The molecule has 0 unspecified atom stereocenters. The lowest BCUT2D eigenvalue weighted by atomic mass is 10.1. The van der Waals surface area contributed by atoms with Gasteiger partial charge in [0.15, 0.2) is 17.2 Å². The van der Waals surface area contributed by atoms with Crippen LogP contribution in [0.5, 0.6) is 17.4 Å². The third-order valence-corrected chi connectivity index (χ3v) is 5.94. The van der Waals surface area contributed by atoms with Gasteiger partial charge in [-0.25, -0.2) is 9.48 Å². The molecule has 0 bridgehead atoms. The number of carbonyl (C=O) groups excluding carboxylic acids is 1. The van der Waals surface area contributed by atoms with Crippen LogP contribution in [0.1, 0.15) is 32.0 Å². The van der Waals surface area contributed by atoms with Crippen LogP contribution >= 0.6 is 0 Å². The number of alkyl halides is 3. The Morgan fingerprint density at radius 3 is 2.46 bits per heavy atom. The smallest absolute Gasteiger partial charge is 0.435 e. The number of amides is 1. The van der Waals surface area contributed by atoms with Crippen LogP contribution in [0.4, 0.5) is 18.9 Å². The molecule has 4 aromatic rings. The lowest BCUT2D eigenvalue weighted by Crippen LogP contribution is -2.26. The van der Waals surface area contributed by atoms with Gasteiger partial charge in [0.25, 0.3) is 5.91 Å². The molecule has 1 amide bonds. The number of carboxylic acid groups (broad SMARTS) is 1. The van der Waals surface area contributed by atoms with Gasteiger partial charge >= 0.3 is 12.1 Å². The molecule has 0 radical (unpaired) electrons. The molecule has 12 heteroatoms. The van der Waals surface area contributed by atoms with E-state index in [-0.39, 0.29) is 36.1 Å². The van der Waals surface area contributed by atoms with Crippen molar-refractivity contribution in [1.82, 2.24) is 9.78 Å². The molecule has 0 aliphatic carbocycles. The topological polar surface area (TPSA) is 103 Å². The van der Waals surface area contributed by atoms with E-state index >= 15 is 0 Å². The number of halogens is 3. The second kappa shape index (κ2) is 10.0. The first-order valence-electron chi connectivity index (χ1n) is 11.5. The lowest BCUT2D eigenvalue weighted by molar-refractivity contribution is -0.141. The highest BCUT2D eigenvalue weighted by Gasteiger charge is 2.35. The van der Waals surface area contributed by atoms with E-state index in [1.54, 1.807) is 25.2 Å². The fraction of sp³-hybridized carbons (Fsp3) is 0.148. The highest BCUT2D eigenvalue weighted by molar-refractivity contribution is 6.06. The number of hydrogen-bond acceptors (Lipinski definition) is 6. The molecule has 200 valence electrons. The standard InChI is InChI=1S/C27H20F3N3O6/c1-32(19-9-10-21-22(12-19)39-15-38-21)25(34)18-3-2-4-20(11-18)33-24(13-23(31-33)27(28,29)30)37-14-16-5-7-17(8-6-16)26(35)36/h2-13H,14-15H2,1H3,(H,35,36). The minimum Gasteiger partial charge on any atom is -0.478 e. The second-order valence-corrected chi connectivity index (χ2v) is 8.52. The van der Waals surface area contributed by atoms with Gasteiger partial charge in [0, 0.05) is 30.4 Å². The van der Waals surface area contributed by atoms with Crippen molar-refractivity contribution in [2.24, 2.45) is 0 Å². The van der Waals surface area contributed by atoms with Gasteiger partial charge in [0.1, 0.15) is 6.61 Å². The Morgan fingerprint density at radius 1 is 1.00 bits per heavy atom. The Morgan fingerprint density at radius 2 is 1.74 bits per heavy atom. The number of aromatic nitrogens is 2. The number of aromatic carboxylic acids is 1. The zero-order chi connectivity index (χ0) is 27.7. The van der Waals surface area contributed by atoms with Gasteiger partial charge in [0.05, 0.1) is 11.3 Å². The van der Waals surface area contributed by atoms with E-state index in [9.17, 15) is 22.8 Å². The van der Waals surface area contributed by atoms with Crippen molar-refractivity contribution in [3.8, 4) is 23.1 Å². The third-order valence-electron chi connectivity index (χ3n) is 5.94. The Kier molecular flexibility index (Phi) is 6.60. The summed E-state index contributed by atoms with van der Waals surface area (Å²) < 4.78 is 57.8. The predicted octanol–water partition coefficient (Wildman–Crippen LogP) is 5.17. The summed E-state index contributed by atoms with van der Waals surface area (Å²) in [5.74, 6) is -0.671. The SMILES string of the molecule is CN(C(=O)c1cccc(-n2nc(C(F)(F)F)cc2OCc2ccc(C(=O)O)cc2)c1)c1ccc2c(c1)OCO2. The molecular weight excluding hydrogens is 519 g/mol. The van der Waals surface area contributed by atoms with E-state index in [1.165, 1.54) is 53.4 Å². The van der Waals surface area contributed by atoms with E-state index in [2.05, 4.69) is 5.10 Å². The Balaban J connectivity index is 1.42. The summed E-state index contributed by atoms with van der Waals surface area (Å²) in [6, 6.07) is 17.5. The Bertz CT molecular complexity index is 1550. The van der Waals surface area contributed by atoms with Crippen LogP contribution in [0.3, 0.4) is 0 Å². The van der Waals surface area contributed by atoms with Crippen molar-refractivity contribution in [1.29, 1.82) is 0 Å². The minimum atomic E-state index is -4.74. The van der Waals surface area contributed by atoms with E-state index in [0.717, 1.165) is 10.7 Å². The number of rotatable bonds is 7. The van der Waals surface area contributed by atoms with E-state index < -0.39 is 23.7 Å². The Hall–Kier alpha value is -5.00. The molecule has 9 nitrogen and oxygen atoms in total. The van der Waals surface area contributed by atoms with Crippen molar-refractivity contribution in [2.45, 2.75) is 12.8 Å². The molecule has 0 fully saturated rings. The molecule has 3 aromatic carbocycles. The molecule has 2 heterocycles. The molecular formula is C27H20F3N3O6. The molecule has 1 aliphatic heterocycles. The van der Waals surface area contributed by atoms with Crippen LogP contribution in [0, 0.1) is 0 Å². The van der Waals surface area contributed by atoms with Gasteiger partial charge in [-0.05, 0) is 48.0 Å². The number of hydrogen-bond donors (Lipinski definition) is 1. The average molecular weight is 539 g/mol. The number of carbonyl (C=O) groups is 2. The molecule has 0 atom stereocenters. The maximum absolute atomic E-state index is 13.5. The molecule has 1 aliphatic rings. The van der Waals surface area contributed by atoms with Crippen LogP contribution in [-0.4, -0.2) is 40.6 Å². The number of carboxylic acids is 1. The van der Waals surface area contributed by atoms with Gasteiger partial charge in [0.2, 0.25) is 12.7 Å². The van der Waals surface area contributed by atoms with E-state index in [0.29, 0.717) is 22.7 Å². The summed E-state index contributed by atoms with van der Waals surface area (Å²) in [7, 11) is 1.56. The molecule has 39 heavy (non-hydrogen) atoms. The first-order chi connectivity index (χ1) is 18.6. The molecule has 0 saturated heterocycles. The summed E-state index contributed by atoms with van der Waals surface area (Å²) >= 11 is 0. The van der Waals surface area contributed by atoms with Crippen LogP contribution in [-0.2, 0) is 12.8 Å². The second-order valence-electron chi connectivity index (χ2n) is 8.52. The largest absolute Gasteiger partial charge is 0.478 e. The van der Waals surface area contributed by atoms with Gasteiger partial charge in [-0.3, -0.25) is 4.79 Å². The number of benzene rings is 3. The average Bonchev–Trinajstić information content (AvgIpc) is 3.58. The van der Waals surface area contributed by atoms with Gasteiger partial charge in [-0.2, -0.15) is 18.3 Å². The number of anilines is 1. The van der Waals surface area contributed by atoms with Crippen molar-refractivity contribution in [3.05, 3.63) is 95.2 Å². The summed E-state index contributed by atoms with van der Waals surface area (Å²) in [6.07, 6.45) is -4.74. The first-order valence-corrected chi connectivity index (χ1v) is 11.5. The van der Waals surface area contributed by atoms with E-state index in [4.69, 9.17) is 19.3 Å². The fourth-order valence-electron chi connectivity index (χ4n) is 3.87.